The Morgan fingerprint density at radius 2 is 1.86 bits per heavy atom. The van der Waals surface area contributed by atoms with Crippen LogP contribution in [0.2, 0.25) is 0 Å². The number of benzene rings is 1. The van der Waals surface area contributed by atoms with E-state index in [1.54, 1.807) is 30.3 Å². The first-order valence-electron chi connectivity index (χ1n) is 6.44. The number of aromatic nitrogens is 2. The van der Waals surface area contributed by atoms with Crippen molar-refractivity contribution in [1.29, 1.82) is 0 Å². The van der Waals surface area contributed by atoms with Crippen molar-refractivity contribution in [3.05, 3.63) is 55.1 Å². The average molecular weight is 284 g/mol. The van der Waals surface area contributed by atoms with Crippen LogP contribution in [0.4, 0.5) is 11.6 Å². The van der Waals surface area contributed by atoms with Crippen molar-refractivity contribution in [2.45, 2.75) is 0 Å². The summed E-state index contributed by atoms with van der Waals surface area (Å²) in [6.07, 6.45) is 1.72. The third kappa shape index (κ3) is 4.94. The lowest BCUT2D eigenvalue weighted by Crippen LogP contribution is -2.21. The topological polar surface area (TPSA) is 76.1 Å². The van der Waals surface area contributed by atoms with Gasteiger partial charge in [-0.1, -0.05) is 24.3 Å². The van der Waals surface area contributed by atoms with E-state index in [0.717, 1.165) is 0 Å². The van der Waals surface area contributed by atoms with E-state index in [1.807, 2.05) is 18.2 Å². The molecule has 1 aromatic carbocycles. The van der Waals surface area contributed by atoms with E-state index in [2.05, 4.69) is 27.4 Å². The largest absolute Gasteiger partial charge is 0.484 e. The summed E-state index contributed by atoms with van der Waals surface area (Å²) < 4.78 is 5.33. The number of para-hydroxylation sites is 1. The molecule has 0 spiro atoms. The number of nitrogens with one attached hydrogen (secondary N) is 2. The van der Waals surface area contributed by atoms with Crippen LogP contribution in [-0.2, 0) is 4.79 Å². The minimum atomic E-state index is -0.292. The fourth-order valence-electron chi connectivity index (χ4n) is 1.51. The van der Waals surface area contributed by atoms with Crippen LogP contribution >= 0.6 is 0 Å². The average Bonchev–Trinajstić information content (AvgIpc) is 2.53. The summed E-state index contributed by atoms with van der Waals surface area (Å²) in [6.45, 7) is 4.12. The number of carbonyl (C=O) groups is 1. The number of ether oxygens (including phenoxy) is 1. The molecule has 6 nitrogen and oxygen atoms in total. The molecule has 1 aromatic heterocycles. The Hall–Kier alpha value is -2.89. The van der Waals surface area contributed by atoms with Crippen LogP contribution < -0.4 is 15.4 Å². The van der Waals surface area contributed by atoms with Crippen molar-refractivity contribution >= 4 is 17.5 Å². The second-order valence-corrected chi connectivity index (χ2v) is 4.12. The Bertz CT molecular complexity index is 584. The summed E-state index contributed by atoms with van der Waals surface area (Å²) in [4.78, 5) is 11.7. The molecule has 0 aliphatic rings. The molecular formula is C15H16N4O2. The molecule has 0 aliphatic carbocycles. The van der Waals surface area contributed by atoms with Gasteiger partial charge in [0.1, 0.15) is 11.6 Å². The Kier molecular flexibility index (Phi) is 5.28. The molecule has 108 valence electrons. The number of rotatable bonds is 7. The fourth-order valence-corrected chi connectivity index (χ4v) is 1.51. The lowest BCUT2D eigenvalue weighted by atomic mass is 10.3. The first kappa shape index (κ1) is 14.5. The highest BCUT2D eigenvalue weighted by Crippen LogP contribution is 2.09. The predicted molar refractivity (Wildman–Crippen MR) is 81.3 cm³/mol. The molecule has 0 radical (unpaired) electrons. The van der Waals surface area contributed by atoms with Crippen LogP contribution in [-0.4, -0.2) is 29.3 Å². The van der Waals surface area contributed by atoms with Gasteiger partial charge >= 0.3 is 0 Å². The Balaban J connectivity index is 1.80. The van der Waals surface area contributed by atoms with Gasteiger partial charge in [0.2, 0.25) is 0 Å². The van der Waals surface area contributed by atoms with Crippen molar-refractivity contribution in [2.24, 2.45) is 0 Å². The maximum Gasteiger partial charge on any atom is 0.263 e. The normalized spacial score (nSPS) is 9.71. The summed E-state index contributed by atoms with van der Waals surface area (Å²) in [5, 5.41) is 13.4. The van der Waals surface area contributed by atoms with Gasteiger partial charge in [0.25, 0.3) is 5.91 Å². The molecule has 2 aromatic rings. The molecule has 0 saturated heterocycles. The van der Waals surface area contributed by atoms with E-state index >= 15 is 0 Å². The maximum absolute atomic E-state index is 11.7. The number of carbonyl (C=O) groups excluding carboxylic acids is 1. The smallest absolute Gasteiger partial charge is 0.263 e. The van der Waals surface area contributed by atoms with Crippen LogP contribution in [0, 0.1) is 0 Å². The van der Waals surface area contributed by atoms with Gasteiger partial charge < -0.3 is 15.4 Å². The Morgan fingerprint density at radius 1 is 1.14 bits per heavy atom. The van der Waals surface area contributed by atoms with Gasteiger partial charge in [0.05, 0.1) is 0 Å². The predicted octanol–water partition coefficient (Wildman–Crippen LogP) is 2.09. The first-order valence-corrected chi connectivity index (χ1v) is 6.44. The molecule has 0 unspecified atom stereocenters. The molecule has 2 N–H and O–H groups in total. The molecule has 0 aliphatic heterocycles. The molecule has 1 heterocycles. The second-order valence-electron chi connectivity index (χ2n) is 4.12. The third-order valence-electron chi connectivity index (χ3n) is 2.47. The SMILES string of the molecule is C=CCNc1ccc(NC(=O)COc2ccccc2)nn1. The van der Waals surface area contributed by atoms with Gasteiger partial charge in [-0.2, -0.15) is 0 Å². The number of amides is 1. The lowest BCUT2D eigenvalue weighted by Gasteiger charge is -2.07. The first-order chi connectivity index (χ1) is 10.3. The Morgan fingerprint density at radius 3 is 2.52 bits per heavy atom. The van der Waals surface area contributed by atoms with Crippen LogP contribution in [0.5, 0.6) is 5.75 Å². The van der Waals surface area contributed by atoms with E-state index in [0.29, 0.717) is 23.9 Å². The third-order valence-corrected chi connectivity index (χ3v) is 2.47. The zero-order valence-electron chi connectivity index (χ0n) is 11.5. The van der Waals surface area contributed by atoms with E-state index in [-0.39, 0.29) is 12.5 Å². The molecule has 0 atom stereocenters. The molecule has 0 fully saturated rings. The summed E-state index contributed by atoms with van der Waals surface area (Å²) in [7, 11) is 0. The van der Waals surface area contributed by atoms with Gasteiger partial charge in [-0.15, -0.1) is 16.8 Å². The van der Waals surface area contributed by atoms with Gasteiger partial charge in [0.15, 0.2) is 12.4 Å². The summed E-state index contributed by atoms with van der Waals surface area (Å²) in [6, 6.07) is 12.5. The fraction of sp³-hybridized carbons (Fsp3) is 0.133. The van der Waals surface area contributed by atoms with E-state index in [9.17, 15) is 4.79 Å². The van der Waals surface area contributed by atoms with Gasteiger partial charge in [-0.25, -0.2) is 0 Å². The highest BCUT2D eigenvalue weighted by atomic mass is 16.5. The summed E-state index contributed by atoms with van der Waals surface area (Å²) >= 11 is 0. The summed E-state index contributed by atoms with van der Waals surface area (Å²) in [5.41, 5.74) is 0. The van der Waals surface area contributed by atoms with Crippen LogP contribution in [0.25, 0.3) is 0 Å². The number of anilines is 2. The zero-order chi connectivity index (χ0) is 14.9. The van der Waals surface area contributed by atoms with E-state index in [4.69, 9.17) is 4.74 Å². The Labute approximate surface area is 122 Å². The molecule has 2 rings (SSSR count). The van der Waals surface area contributed by atoms with Crippen molar-refractivity contribution in [3.63, 3.8) is 0 Å². The van der Waals surface area contributed by atoms with Crippen LogP contribution in [0.3, 0.4) is 0 Å². The van der Waals surface area contributed by atoms with Gasteiger partial charge in [-0.05, 0) is 24.3 Å². The molecule has 21 heavy (non-hydrogen) atoms. The van der Waals surface area contributed by atoms with Crippen molar-refractivity contribution in [3.8, 4) is 5.75 Å². The van der Waals surface area contributed by atoms with Gasteiger partial charge in [0, 0.05) is 6.54 Å². The van der Waals surface area contributed by atoms with E-state index in [1.165, 1.54) is 0 Å². The molecular weight excluding hydrogens is 268 g/mol. The molecule has 0 bridgehead atoms. The minimum absolute atomic E-state index is 0.0812. The maximum atomic E-state index is 11.7. The van der Waals surface area contributed by atoms with Gasteiger partial charge in [-0.3, -0.25) is 4.79 Å². The van der Waals surface area contributed by atoms with Crippen LogP contribution in [0.1, 0.15) is 0 Å². The molecule has 1 amide bonds. The number of hydrogen-bond donors (Lipinski definition) is 2. The highest BCUT2D eigenvalue weighted by Gasteiger charge is 2.05. The van der Waals surface area contributed by atoms with E-state index < -0.39 is 0 Å². The zero-order valence-corrected chi connectivity index (χ0v) is 11.5. The second kappa shape index (κ2) is 7.64. The lowest BCUT2D eigenvalue weighted by molar-refractivity contribution is -0.118. The standard InChI is InChI=1S/C15H16N4O2/c1-2-10-16-13-8-9-14(19-18-13)17-15(20)11-21-12-6-4-3-5-7-12/h2-9H,1,10-11H2,(H,16,18)(H,17,19,20). The molecule has 0 saturated carbocycles. The molecule has 6 heteroatoms. The van der Waals surface area contributed by atoms with Crippen molar-refractivity contribution in [1.82, 2.24) is 10.2 Å². The van der Waals surface area contributed by atoms with Crippen molar-refractivity contribution in [2.75, 3.05) is 23.8 Å². The quantitative estimate of drug-likeness (QED) is 0.761. The number of hydrogen-bond acceptors (Lipinski definition) is 5. The summed E-state index contributed by atoms with van der Waals surface area (Å²) in [5.74, 6) is 1.34. The highest BCUT2D eigenvalue weighted by molar-refractivity contribution is 5.90. The minimum Gasteiger partial charge on any atom is -0.484 e. The van der Waals surface area contributed by atoms with Crippen LogP contribution in [0.15, 0.2) is 55.1 Å². The monoisotopic (exact) mass is 284 g/mol. The number of nitrogens with zero attached hydrogens (tertiary/aromatic N) is 2. The van der Waals surface area contributed by atoms with Crippen molar-refractivity contribution < 1.29 is 9.53 Å².